The van der Waals surface area contributed by atoms with Crippen LogP contribution in [0.1, 0.15) is 45.1 Å². The van der Waals surface area contributed by atoms with Gasteiger partial charge in [0.2, 0.25) is 5.88 Å². The number of benzene rings is 1. The fourth-order valence-electron chi connectivity index (χ4n) is 3.98. The molecule has 0 atom stereocenters. The number of rotatable bonds is 4. The number of aromatic nitrogens is 3. The summed E-state index contributed by atoms with van der Waals surface area (Å²) >= 11 is 0. The van der Waals surface area contributed by atoms with Crippen molar-refractivity contribution in [3.63, 3.8) is 0 Å². The van der Waals surface area contributed by atoms with Gasteiger partial charge in [0.1, 0.15) is 6.10 Å². The van der Waals surface area contributed by atoms with Crippen LogP contribution < -0.4 is 4.74 Å². The lowest BCUT2D eigenvalue weighted by Crippen LogP contribution is -2.36. The van der Waals surface area contributed by atoms with Crippen molar-refractivity contribution in [2.45, 2.75) is 58.2 Å². The molecule has 0 spiro atoms. The Bertz CT molecular complexity index is 934. The minimum absolute atomic E-state index is 0.152. The maximum absolute atomic E-state index is 10.2. The van der Waals surface area contributed by atoms with Gasteiger partial charge >= 0.3 is 0 Å². The Hall–Kier alpha value is -2.40. The molecule has 1 aliphatic carbocycles. The van der Waals surface area contributed by atoms with E-state index >= 15 is 0 Å². The summed E-state index contributed by atoms with van der Waals surface area (Å²) in [6.45, 7) is 5.89. The summed E-state index contributed by atoms with van der Waals surface area (Å²) in [7, 11) is 0. The van der Waals surface area contributed by atoms with Crippen molar-refractivity contribution in [1.82, 2.24) is 14.6 Å². The molecular weight excluding hydrogens is 338 g/mol. The lowest BCUT2D eigenvalue weighted by atomic mass is 9.78. The number of hydrogen-bond donors (Lipinski definition) is 1. The highest BCUT2D eigenvalue weighted by Crippen LogP contribution is 2.34. The van der Waals surface area contributed by atoms with Crippen LogP contribution in [0.3, 0.4) is 0 Å². The molecule has 0 saturated heterocycles. The molecule has 0 radical (unpaired) electrons. The molecule has 4 rings (SSSR count). The molecule has 0 aliphatic heterocycles. The fraction of sp³-hybridized carbons (Fsp3) is 0.455. The van der Waals surface area contributed by atoms with E-state index in [0.29, 0.717) is 11.8 Å². The Balaban J connectivity index is 1.53. The van der Waals surface area contributed by atoms with Crippen molar-refractivity contribution < 1.29 is 9.84 Å². The van der Waals surface area contributed by atoms with E-state index in [1.807, 2.05) is 42.8 Å². The Morgan fingerprint density at radius 1 is 1.11 bits per heavy atom. The van der Waals surface area contributed by atoms with Gasteiger partial charge in [-0.05, 0) is 64.5 Å². The summed E-state index contributed by atoms with van der Waals surface area (Å²) in [5.41, 5.74) is 3.47. The van der Waals surface area contributed by atoms with E-state index in [-0.39, 0.29) is 6.10 Å². The van der Waals surface area contributed by atoms with Crippen LogP contribution in [0.2, 0.25) is 0 Å². The predicted molar refractivity (Wildman–Crippen MR) is 106 cm³/mol. The summed E-state index contributed by atoms with van der Waals surface area (Å²) in [6, 6.07) is 12.2. The van der Waals surface area contributed by atoms with Crippen LogP contribution in [0.25, 0.3) is 16.9 Å². The van der Waals surface area contributed by atoms with Crippen molar-refractivity contribution in [2.75, 3.05) is 0 Å². The van der Waals surface area contributed by atoms with Crippen molar-refractivity contribution in [1.29, 1.82) is 0 Å². The third-order valence-electron chi connectivity index (χ3n) is 5.61. The second-order valence-corrected chi connectivity index (χ2v) is 8.20. The summed E-state index contributed by atoms with van der Waals surface area (Å²) < 4.78 is 8.02. The molecule has 0 bridgehead atoms. The van der Waals surface area contributed by atoms with E-state index in [0.717, 1.165) is 42.6 Å². The molecule has 2 heterocycles. The maximum Gasteiger partial charge on any atom is 0.232 e. The van der Waals surface area contributed by atoms with Gasteiger partial charge in [0.15, 0.2) is 5.65 Å². The van der Waals surface area contributed by atoms with E-state index in [2.05, 4.69) is 35.2 Å². The third kappa shape index (κ3) is 3.83. The lowest BCUT2D eigenvalue weighted by Gasteiger charge is -2.35. The molecule has 5 nitrogen and oxygen atoms in total. The Morgan fingerprint density at radius 2 is 1.89 bits per heavy atom. The SMILES string of the molecule is Cc1cccc(-c2cnc3ccc(OC4CCC(C(C)(C)O)CC4)nn23)c1. The first-order chi connectivity index (χ1) is 12.9. The third-order valence-corrected chi connectivity index (χ3v) is 5.61. The molecule has 142 valence electrons. The molecule has 2 aromatic heterocycles. The minimum Gasteiger partial charge on any atom is -0.473 e. The molecular formula is C22H27N3O2. The second kappa shape index (κ2) is 6.97. The largest absolute Gasteiger partial charge is 0.473 e. The molecule has 1 N–H and O–H groups in total. The standard InChI is InChI=1S/C22H27N3O2/c1-15-5-4-6-16(13-15)19-14-23-20-11-12-21(24-25(19)20)27-18-9-7-17(8-10-18)22(2,3)26/h4-6,11-14,17-18,26H,7-10H2,1-3H3. The Labute approximate surface area is 160 Å². The summed E-state index contributed by atoms with van der Waals surface area (Å²) in [4.78, 5) is 4.47. The first kappa shape index (κ1) is 18.0. The molecule has 0 amide bonds. The van der Waals surface area contributed by atoms with Crippen LogP contribution in [-0.2, 0) is 0 Å². The Morgan fingerprint density at radius 3 is 2.59 bits per heavy atom. The fourth-order valence-corrected chi connectivity index (χ4v) is 3.98. The van der Waals surface area contributed by atoms with Gasteiger partial charge in [-0.3, -0.25) is 0 Å². The molecule has 1 saturated carbocycles. The number of hydrogen-bond acceptors (Lipinski definition) is 4. The maximum atomic E-state index is 10.2. The molecule has 1 aliphatic rings. The van der Waals surface area contributed by atoms with Crippen molar-refractivity contribution in [2.24, 2.45) is 5.92 Å². The zero-order valence-corrected chi connectivity index (χ0v) is 16.2. The first-order valence-electron chi connectivity index (χ1n) is 9.71. The van der Waals surface area contributed by atoms with Gasteiger partial charge in [0, 0.05) is 11.6 Å². The zero-order chi connectivity index (χ0) is 19.0. The van der Waals surface area contributed by atoms with E-state index in [1.54, 1.807) is 0 Å². The molecule has 1 aromatic carbocycles. The van der Waals surface area contributed by atoms with Crippen LogP contribution >= 0.6 is 0 Å². The first-order valence-corrected chi connectivity index (χ1v) is 9.71. The van der Waals surface area contributed by atoms with Crippen LogP contribution in [0.4, 0.5) is 0 Å². The van der Waals surface area contributed by atoms with Crippen molar-refractivity contribution >= 4 is 5.65 Å². The monoisotopic (exact) mass is 365 g/mol. The quantitative estimate of drug-likeness (QED) is 0.744. The van der Waals surface area contributed by atoms with Crippen molar-refractivity contribution in [3.8, 4) is 17.1 Å². The highest BCUT2D eigenvalue weighted by Gasteiger charge is 2.32. The molecule has 27 heavy (non-hydrogen) atoms. The second-order valence-electron chi connectivity index (χ2n) is 8.20. The summed E-state index contributed by atoms with van der Waals surface area (Å²) in [5, 5.41) is 14.9. The average Bonchev–Trinajstić information content (AvgIpc) is 3.05. The van der Waals surface area contributed by atoms with Gasteiger partial charge in [-0.25, -0.2) is 9.50 Å². The molecule has 0 unspecified atom stereocenters. The minimum atomic E-state index is -0.609. The highest BCUT2D eigenvalue weighted by atomic mass is 16.5. The van der Waals surface area contributed by atoms with Gasteiger partial charge in [0.05, 0.1) is 17.5 Å². The van der Waals surface area contributed by atoms with Crippen LogP contribution in [0, 0.1) is 12.8 Å². The average molecular weight is 365 g/mol. The number of aryl methyl sites for hydroxylation is 1. The summed E-state index contributed by atoms with van der Waals surface area (Å²) in [6.07, 6.45) is 5.87. The highest BCUT2D eigenvalue weighted by molar-refractivity contribution is 5.63. The van der Waals surface area contributed by atoms with Crippen LogP contribution in [0.5, 0.6) is 5.88 Å². The number of fused-ring (bicyclic) bond motifs is 1. The van der Waals surface area contributed by atoms with E-state index in [1.165, 1.54) is 5.56 Å². The van der Waals surface area contributed by atoms with Crippen molar-refractivity contribution in [3.05, 3.63) is 48.2 Å². The van der Waals surface area contributed by atoms with Gasteiger partial charge in [-0.15, -0.1) is 5.10 Å². The normalized spacial score (nSPS) is 20.7. The topological polar surface area (TPSA) is 59.7 Å². The summed E-state index contributed by atoms with van der Waals surface area (Å²) in [5.74, 6) is 0.968. The smallest absolute Gasteiger partial charge is 0.232 e. The van der Waals surface area contributed by atoms with Crippen LogP contribution in [0.15, 0.2) is 42.6 Å². The van der Waals surface area contributed by atoms with E-state index in [9.17, 15) is 5.11 Å². The number of ether oxygens (including phenoxy) is 1. The molecule has 1 fully saturated rings. The lowest BCUT2D eigenvalue weighted by molar-refractivity contribution is -0.0157. The molecule has 3 aromatic rings. The number of aliphatic hydroxyl groups is 1. The Kier molecular flexibility index (Phi) is 4.64. The number of nitrogens with zero attached hydrogens (tertiary/aromatic N) is 3. The number of imidazole rings is 1. The molecule has 5 heteroatoms. The zero-order valence-electron chi connectivity index (χ0n) is 16.2. The predicted octanol–water partition coefficient (Wildman–Crippen LogP) is 4.41. The van der Waals surface area contributed by atoms with Gasteiger partial charge in [-0.1, -0.05) is 23.8 Å². The van der Waals surface area contributed by atoms with Gasteiger partial charge < -0.3 is 9.84 Å². The van der Waals surface area contributed by atoms with Gasteiger partial charge in [0.25, 0.3) is 0 Å². The van der Waals surface area contributed by atoms with Crippen LogP contribution in [-0.4, -0.2) is 31.4 Å². The van der Waals surface area contributed by atoms with E-state index < -0.39 is 5.60 Å². The van der Waals surface area contributed by atoms with Gasteiger partial charge in [-0.2, -0.15) is 0 Å². The van der Waals surface area contributed by atoms with E-state index in [4.69, 9.17) is 4.74 Å².